The van der Waals surface area contributed by atoms with Gasteiger partial charge in [0.15, 0.2) is 0 Å². The molecule has 7 nitrogen and oxygen atoms in total. The van der Waals surface area contributed by atoms with E-state index in [2.05, 4.69) is 15.6 Å². The number of aromatic nitrogens is 2. The second kappa shape index (κ2) is 11.3. The molecule has 34 heavy (non-hydrogen) atoms. The number of nitrogens with zero attached hydrogens (tertiary/aromatic N) is 1. The molecule has 2 atom stereocenters. The molecule has 0 saturated heterocycles. The van der Waals surface area contributed by atoms with Crippen molar-refractivity contribution in [3.8, 4) is 5.75 Å². The van der Waals surface area contributed by atoms with E-state index in [4.69, 9.17) is 14.5 Å². The number of para-hydroxylation sites is 2. The summed E-state index contributed by atoms with van der Waals surface area (Å²) < 4.78 is 10.6. The zero-order valence-electron chi connectivity index (χ0n) is 19.5. The average molecular weight is 459 g/mol. The van der Waals surface area contributed by atoms with Crippen molar-refractivity contribution in [2.45, 2.75) is 24.9 Å². The zero-order chi connectivity index (χ0) is 23.8. The van der Waals surface area contributed by atoms with E-state index in [1.165, 1.54) is 0 Å². The molecule has 4 rings (SSSR count). The molecule has 0 saturated carbocycles. The molecule has 3 aromatic carbocycles. The first kappa shape index (κ1) is 23.3. The molecule has 4 aromatic rings. The second-order valence-electron chi connectivity index (χ2n) is 8.20. The normalized spacial score (nSPS) is 12.8. The number of hydrogen-bond acceptors (Lipinski definition) is 4. The molecule has 0 aliphatic rings. The number of methoxy groups -OCH3 is 2. The molecule has 0 radical (unpaired) electrons. The highest BCUT2D eigenvalue weighted by Gasteiger charge is 2.21. The highest BCUT2D eigenvalue weighted by atomic mass is 16.5. The van der Waals surface area contributed by atoms with E-state index in [9.17, 15) is 4.79 Å². The third-order valence-corrected chi connectivity index (χ3v) is 5.67. The minimum absolute atomic E-state index is 0.162. The number of hydrogen-bond donors (Lipinski definition) is 3. The van der Waals surface area contributed by atoms with Crippen LogP contribution in [-0.2, 0) is 17.6 Å². The first-order valence-electron chi connectivity index (χ1n) is 11.3. The van der Waals surface area contributed by atoms with Crippen LogP contribution in [0.1, 0.15) is 23.0 Å². The Hall–Kier alpha value is -3.84. The molecule has 2 amide bonds. The fourth-order valence-corrected chi connectivity index (χ4v) is 3.99. The number of rotatable bonds is 10. The maximum atomic E-state index is 13.1. The predicted molar refractivity (Wildman–Crippen MR) is 133 cm³/mol. The number of carbonyl (C=O) groups excluding carboxylic acids is 1. The third-order valence-electron chi connectivity index (χ3n) is 5.67. The van der Waals surface area contributed by atoms with Gasteiger partial charge in [-0.15, -0.1) is 0 Å². The minimum atomic E-state index is -0.347. The standard InChI is InChI=1S/C27H30N4O3/c1-33-18-21(16-19-8-4-3-5-9-19)28-27(32)31-25(17-20-12-14-22(34-2)15-13-20)26-29-23-10-6-7-11-24(23)30-26/h3-15,21,25H,16-18H2,1-2H3,(H,29,30)(H2,28,31,32)/t21-,25-/m1/s1. The topological polar surface area (TPSA) is 88.3 Å². The number of benzene rings is 3. The Morgan fingerprint density at radius 1 is 0.882 bits per heavy atom. The lowest BCUT2D eigenvalue weighted by Crippen LogP contribution is -2.46. The third kappa shape index (κ3) is 6.14. The number of imidazole rings is 1. The maximum absolute atomic E-state index is 13.1. The quantitative estimate of drug-likeness (QED) is 0.328. The van der Waals surface area contributed by atoms with E-state index >= 15 is 0 Å². The molecule has 0 aliphatic heterocycles. The largest absolute Gasteiger partial charge is 0.497 e. The smallest absolute Gasteiger partial charge is 0.315 e. The fourth-order valence-electron chi connectivity index (χ4n) is 3.99. The van der Waals surface area contributed by atoms with Crippen LogP contribution in [0.5, 0.6) is 5.75 Å². The van der Waals surface area contributed by atoms with Gasteiger partial charge in [0, 0.05) is 7.11 Å². The van der Waals surface area contributed by atoms with Gasteiger partial charge in [-0.05, 0) is 48.2 Å². The van der Waals surface area contributed by atoms with Crippen LogP contribution in [0.3, 0.4) is 0 Å². The van der Waals surface area contributed by atoms with Gasteiger partial charge in [-0.2, -0.15) is 0 Å². The van der Waals surface area contributed by atoms with Crippen molar-refractivity contribution < 1.29 is 14.3 Å². The Morgan fingerprint density at radius 2 is 1.59 bits per heavy atom. The zero-order valence-corrected chi connectivity index (χ0v) is 19.5. The number of carbonyl (C=O) groups is 1. The van der Waals surface area contributed by atoms with Crippen molar-refractivity contribution in [3.05, 3.63) is 95.8 Å². The van der Waals surface area contributed by atoms with Gasteiger partial charge < -0.3 is 25.1 Å². The van der Waals surface area contributed by atoms with Crippen LogP contribution in [0.2, 0.25) is 0 Å². The van der Waals surface area contributed by atoms with Crippen LogP contribution >= 0.6 is 0 Å². The summed E-state index contributed by atoms with van der Waals surface area (Å²) in [5.41, 5.74) is 3.99. The number of aromatic amines is 1. The lowest BCUT2D eigenvalue weighted by Gasteiger charge is -2.22. The first-order chi connectivity index (χ1) is 16.6. The summed E-state index contributed by atoms with van der Waals surface area (Å²) in [5, 5.41) is 6.18. The predicted octanol–water partition coefficient (Wildman–Crippen LogP) is 4.41. The van der Waals surface area contributed by atoms with Crippen LogP contribution < -0.4 is 15.4 Å². The summed E-state index contributed by atoms with van der Waals surface area (Å²) in [7, 11) is 3.28. The van der Waals surface area contributed by atoms with E-state index in [0.29, 0.717) is 25.3 Å². The molecule has 1 aromatic heterocycles. The average Bonchev–Trinajstić information content (AvgIpc) is 3.29. The molecule has 7 heteroatoms. The fraction of sp³-hybridized carbons (Fsp3) is 0.259. The molecule has 0 spiro atoms. The maximum Gasteiger partial charge on any atom is 0.315 e. The van der Waals surface area contributed by atoms with E-state index in [0.717, 1.165) is 27.9 Å². The van der Waals surface area contributed by atoms with Gasteiger partial charge in [0.2, 0.25) is 0 Å². The van der Waals surface area contributed by atoms with Crippen molar-refractivity contribution in [2.75, 3.05) is 20.8 Å². The van der Waals surface area contributed by atoms with Crippen molar-refractivity contribution in [1.29, 1.82) is 0 Å². The van der Waals surface area contributed by atoms with Gasteiger partial charge in [0.05, 0.1) is 36.8 Å². The van der Waals surface area contributed by atoms with Crippen molar-refractivity contribution >= 4 is 17.1 Å². The Morgan fingerprint density at radius 3 is 2.29 bits per heavy atom. The molecular formula is C27H30N4O3. The Bertz CT molecular complexity index is 1160. The Kier molecular flexibility index (Phi) is 7.78. The van der Waals surface area contributed by atoms with Gasteiger partial charge in [-0.25, -0.2) is 9.78 Å². The second-order valence-corrected chi connectivity index (χ2v) is 8.20. The van der Waals surface area contributed by atoms with E-state index in [1.54, 1.807) is 14.2 Å². The highest BCUT2D eigenvalue weighted by Crippen LogP contribution is 2.21. The van der Waals surface area contributed by atoms with Gasteiger partial charge in [-0.3, -0.25) is 0 Å². The van der Waals surface area contributed by atoms with E-state index < -0.39 is 0 Å². The number of urea groups is 1. The lowest BCUT2D eigenvalue weighted by molar-refractivity contribution is 0.164. The minimum Gasteiger partial charge on any atom is -0.497 e. The number of amides is 2. The summed E-state index contributed by atoms with van der Waals surface area (Å²) in [6.07, 6.45) is 1.25. The number of fused-ring (bicyclic) bond motifs is 1. The molecule has 176 valence electrons. The van der Waals surface area contributed by atoms with E-state index in [-0.39, 0.29) is 18.1 Å². The van der Waals surface area contributed by atoms with Gasteiger partial charge in [0.25, 0.3) is 0 Å². The Balaban J connectivity index is 1.51. The van der Waals surface area contributed by atoms with Crippen LogP contribution in [0.15, 0.2) is 78.9 Å². The molecular weight excluding hydrogens is 428 g/mol. The lowest BCUT2D eigenvalue weighted by atomic mass is 10.0. The van der Waals surface area contributed by atoms with Crippen molar-refractivity contribution in [3.63, 3.8) is 0 Å². The molecule has 1 heterocycles. The molecule has 0 unspecified atom stereocenters. The van der Waals surface area contributed by atoms with Crippen LogP contribution in [0.4, 0.5) is 4.79 Å². The summed E-state index contributed by atoms with van der Waals surface area (Å²) in [6.45, 7) is 0.413. The first-order valence-corrected chi connectivity index (χ1v) is 11.3. The number of ether oxygens (including phenoxy) is 2. The van der Waals surface area contributed by atoms with Crippen LogP contribution in [-0.4, -0.2) is 42.9 Å². The van der Waals surface area contributed by atoms with E-state index in [1.807, 2.05) is 78.9 Å². The summed E-state index contributed by atoms with van der Waals surface area (Å²) in [5.74, 6) is 1.50. The van der Waals surface area contributed by atoms with Crippen LogP contribution in [0.25, 0.3) is 11.0 Å². The van der Waals surface area contributed by atoms with Crippen molar-refractivity contribution in [2.24, 2.45) is 0 Å². The molecule has 0 aliphatic carbocycles. The summed E-state index contributed by atoms with van der Waals surface area (Å²) >= 11 is 0. The summed E-state index contributed by atoms with van der Waals surface area (Å²) in [6, 6.07) is 24.9. The molecule has 0 bridgehead atoms. The van der Waals surface area contributed by atoms with Gasteiger partial charge in [0.1, 0.15) is 11.6 Å². The van der Waals surface area contributed by atoms with Gasteiger partial charge >= 0.3 is 6.03 Å². The number of H-pyrrole nitrogens is 1. The number of nitrogens with one attached hydrogen (secondary N) is 3. The SMILES string of the molecule is COC[C@@H](Cc1ccccc1)NC(=O)N[C@H](Cc1ccc(OC)cc1)c1nc2ccccc2[nH]1. The summed E-state index contributed by atoms with van der Waals surface area (Å²) in [4.78, 5) is 21.2. The van der Waals surface area contributed by atoms with Crippen molar-refractivity contribution in [1.82, 2.24) is 20.6 Å². The van der Waals surface area contributed by atoms with Crippen LogP contribution in [0, 0.1) is 0 Å². The van der Waals surface area contributed by atoms with Gasteiger partial charge in [-0.1, -0.05) is 54.6 Å². The highest BCUT2D eigenvalue weighted by molar-refractivity contribution is 5.76. The Labute approximate surface area is 199 Å². The molecule has 3 N–H and O–H groups in total. The monoisotopic (exact) mass is 458 g/mol. The molecule has 0 fully saturated rings.